The van der Waals surface area contributed by atoms with Gasteiger partial charge in [0, 0.05) is 43.3 Å². The number of ketones is 2. The Kier molecular flexibility index (Phi) is 10.6. The number of aromatic hydroxyl groups is 1. The second-order valence-electron chi connectivity index (χ2n) is 12.3. The summed E-state index contributed by atoms with van der Waals surface area (Å²) in [5, 5.41) is 16.6. The van der Waals surface area contributed by atoms with Crippen molar-refractivity contribution in [1.82, 2.24) is 20.5 Å². The molecule has 0 radical (unpaired) electrons. The van der Waals surface area contributed by atoms with Gasteiger partial charge in [0.2, 0.25) is 5.91 Å². The van der Waals surface area contributed by atoms with Gasteiger partial charge >= 0.3 is 0 Å². The van der Waals surface area contributed by atoms with E-state index in [0.717, 1.165) is 28.6 Å². The summed E-state index contributed by atoms with van der Waals surface area (Å²) >= 11 is 0. The largest absolute Gasteiger partial charge is 0.508 e. The van der Waals surface area contributed by atoms with Crippen molar-refractivity contribution in [3.8, 4) is 5.75 Å². The molecule has 1 aliphatic heterocycles. The summed E-state index contributed by atoms with van der Waals surface area (Å²) in [6, 6.07) is 11.8. The van der Waals surface area contributed by atoms with E-state index in [1.54, 1.807) is 31.2 Å². The number of aromatic nitrogens is 1. The van der Waals surface area contributed by atoms with Crippen molar-refractivity contribution in [3.63, 3.8) is 0 Å². The number of nitrogens with two attached hydrogens (primary N) is 2. The van der Waals surface area contributed by atoms with Gasteiger partial charge in [0.15, 0.2) is 11.6 Å². The number of phenols is 1. The average Bonchev–Trinajstić information content (AvgIpc) is 3.48. The molecular formula is C36H44N6O4. The minimum absolute atomic E-state index is 0.0532. The quantitative estimate of drug-likeness (QED) is 0.158. The van der Waals surface area contributed by atoms with Crippen molar-refractivity contribution in [3.05, 3.63) is 102 Å². The Morgan fingerprint density at radius 1 is 1.09 bits per heavy atom. The number of hydrogen-bond donors (Lipinski definition) is 6. The number of nitrogens with one attached hydrogen (secondary N) is 3. The van der Waals surface area contributed by atoms with Crippen LogP contribution in [0.2, 0.25) is 0 Å². The summed E-state index contributed by atoms with van der Waals surface area (Å²) in [6.45, 7) is 3.95. The number of benzene rings is 2. The number of hydrogen-bond acceptors (Lipinski definition) is 8. The van der Waals surface area contributed by atoms with Gasteiger partial charge in [0.05, 0.1) is 29.6 Å². The minimum atomic E-state index is -0.872. The Morgan fingerprint density at radius 2 is 1.87 bits per heavy atom. The van der Waals surface area contributed by atoms with Crippen LogP contribution in [0.15, 0.2) is 91.2 Å². The number of allylic oxidation sites excluding steroid dienone is 5. The molecule has 2 heterocycles. The molecular weight excluding hydrogens is 580 g/mol. The molecule has 0 saturated carbocycles. The summed E-state index contributed by atoms with van der Waals surface area (Å²) in [5.41, 5.74) is 14.7. The van der Waals surface area contributed by atoms with E-state index >= 15 is 0 Å². The van der Waals surface area contributed by atoms with Gasteiger partial charge in [-0.15, -0.1) is 0 Å². The third-order valence-electron chi connectivity index (χ3n) is 8.96. The number of amides is 1. The van der Waals surface area contributed by atoms with Gasteiger partial charge in [0.1, 0.15) is 5.75 Å². The Bertz CT molecular complexity index is 1630. The van der Waals surface area contributed by atoms with Crippen LogP contribution in [0, 0.1) is 5.41 Å². The van der Waals surface area contributed by atoms with E-state index < -0.39 is 35.5 Å². The van der Waals surface area contributed by atoms with Crippen LogP contribution in [0.4, 0.5) is 0 Å². The molecule has 10 nitrogen and oxygen atoms in total. The van der Waals surface area contributed by atoms with E-state index in [2.05, 4.69) is 20.5 Å². The molecule has 2 aliphatic rings. The second-order valence-corrected chi connectivity index (χ2v) is 12.3. The lowest BCUT2D eigenvalue weighted by atomic mass is 9.74. The molecule has 1 fully saturated rings. The lowest BCUT2D eigenvalue weighted by Gasteiger charge is -2.36. The van der Waals surface area contributed by atoms with Gasteiger partial charge in [-0.1, -0.05) is 66.8 Å². The van der Waals surface area contributed by atoms with Crippen LogP contribution < -0.4 is 22.1 Å². The highest BCUT2D eigenvalue weighted by Crippen LogP contribution is 2.33. The molecule has 2 aromatic carbocycles. The van der Waals surface area contributed by atoms with Gasteiger partial charge < -0.3 is 32.2 Å². The maximum Gasteiger partial charge on any atom is 0.237 e. The van der Waals surface area contributed by atoms with Crippen LogP contribution in [-0.2, 0) is 27.2 Å². The highest BCUT2D eigenvalue weighted by molar-refractivity contribution is 5.95. The number of aromatic amines is 1. The zero-order valence-electron chi connectivity index (χ0n) is 26.2. The van der Waals surface area contributed by atoms with E-state index in [1.807, 2.05) is 66.9 Å². The lowest BCUT2D eigenvalue weighted by Crippen LogP contribution is -2.59. The van der Waals surface area contributed by atoms with Crippen LogP contribution in [0.1, 0.15) is 24.5 Å². The predicted octanol–water partition coefficient (Wildman–Crippen LogP) is 2.29. The fourth-order valence-electron chi connectivity index (χ4n) is 6.30. The van der Waals surface area contributed by atoms with Crippen molar-refractivity contribution in [1.29, 1.82) is 0 Å². The fourth-order valence-corrected chi connectivity index (χ4v) is 6.30. The van der Waals surface area contributed by atoms with E-state index in [9.17, 15) is 19.5 Å². The molecule has 1 amide bonds. The van der Waals surface area contributed by atoms with Crippen LogP contribution in [0.3, 0.4) is 0 Å². The molecule has 10 heteroatoms. The number of H-pyrrole nitrogens is 1. The molecule has 5 atom stereocenters. The summed E-state index contributed by atoms with van der Waals surface area (Å²) in [6.07, 6.45) is 14.7. The number of fused-ring (bicyclic) bond motifs is 1. The number of phenolic OH excluding ortho intramolecular Hbond substituents is 1. The third kappa shape index (κ3) is 7.71. The first-order chi connectivity index (χ1) is 22.2. The second kappa shape index (κ2) is 14.8. The summed E-state index contributed by atoms with van der Waals surface area (Å²) < 4.78 is 0. The molecule has 242 valence electrons. The number of para-hydroxylation sites is 1. The first-order valence-electron chi connectivity index (χ1n) is 15.9. The van der Waals surface area contributed by atoms with Gasteiger partial charge in [-0.25, -0.2) is 0 Å². The van der Waals surface area contributed by atoms with Crippen molar-refractivity contribution in [2.24, 2.45) is 16.9 Å². The van der Waals surface area contributed by atoms with Crippen molar-refractivity contribution >= 4 is 28.4 Å². The molecule has 0 bridgehead atoms. The lowest BCUT2D eigenvalue weighted by molar-refractivity contribution is -0.131. The molecule has 0 spiro atoms. The smallest absolute Gasteiger partial charge is 0.237 e. The molecule has 1 aromatic heterocycles. The van der Waals surface area contributed by atoms with Gasteiger partial charge in [-0.2, -0.15) is 0 Å². The Morgan fingerprint density at radius 3 is 2.63 bits per heavy atom. The Labute approximate surface area is 269 Å². The highest BCUT2D eigenvalue weighted by atomic mass is 16.3. The summed E-state index contributed by atoms with van der Waals surface area (Å²) in [4.78, 5) is 45.6. The zero-order valence-corrected chi connectivity index (χ0v) is 26.2. The number of rotatable bonds is 13. The monoisotopic (exact) mass is 624 g/mol. The number of Topliss-reactive ketones (excluding diaryl/α,β-unsaturated/α-hetero) is 2. The van der Waals surface area contributed by atoms with Crippen molar-refractivity contribution < 1.29 is 19.5 Å². The van der Waals surface area contributed by atoms with E-state index in [-0.39, 0.29) is 23.7 Å². The number of piperazine rings is 1. The van der Waals surface area contributed by atoms with Crippen molar-refractivity contribution in [2.45, 2.75) is 50.4 Å². The molecule has 2 unspecified atom stereocenters. The first-order valence-corrected chi connectivity index (χ1v) is 15.9. The SMILES string of the molecule is C[C@@H](NC(=O)[C@@H](N)Cc1ccc(O)cc1)C(=O)C1CNCCN1CC=CC1(C(=O)[C@@H](N)Cc2c[nH]c3ccccc23)C=CC=CC1. The van der Waals surface area contributed by atoms with Crippen LogP contribution >= 0.6 is 0 Å². The maximum atomic E-state index is 13.9. The normalized spacial score (nSPS) is 22.1. The average molecular weight is 625 g/mol. The van der Waals surface area contributed by atoms with Crippen LogP contribution in [0.25, 0.3) is 10.9 Å². The van der Waals surface area contributed by atoms with Gasteiger partial charge in [-0.3, -0.25) is 19.3 Å². The van der Waals surface area contributed by atoms with E-state index in [0.29, 0.717) is 32.5 Å². The molecule has 46 heavy (non-hydrogen) atoms. The molecule has 1 saturated heterocycles. The molecule has 1 aliphatic carbocycles. The van der Waals surface area contributed by atoms with E-state index in [1.165, 1.54) is 0 Å². The fraction of sp³-hybridized carbons (Fsp3) is 0.361. The van der Waals surface area contributed by atoms with E-state index in [4.69, 9.17) is 11.5 Å². The molecule has 3 aromatic rings. The topological polar surface area (TPSA) is 167 Å². The first kappa shape index (κ1) is 33.0. The highest BCUT2D eigenvalue weighted by Gasteiger charge is 2.37. The van der Waals surface area contributed by atoms with Gasteiger partial charge in [0.25, 0.3) is 0 Å². The molecule has 5 rings (SSSR count). The van der Waals surface area contributed by atoms with Crippen LogP contribution in [-0.4, -0.2) is 82.8 Å². The summed E-state index contributed by atoms with van der Waals surface area (Å²) in [7, 11) is 0. The standard InChI is InChI=1S/C36H44N6O4/c1-24(41-35(46)30(38)20-25-10-12-27(43)13-11-25)33(44)32-23-39-17-19-42(32)18-7-16-36(14-5-2-6-15-36)34(45)29(37)21-26-22-40-31-9-4-3-8-28(26)31/h2-14,16,22,24,29-30,32,39-40,43H,15,17-21,23,37-38H2,1H3,(H,41,46)/t24-,29+,30+,32?,36?/m1/s1. The summed E-state index contributed by atoms with van der Waals surface area (Å²) in [5.74, 6) is -0.439. The third-order valence-corrected chi connectivity index (χ3v) is 8.96. The van der Waals surface area contributed by atoms with Crippen molar-refractivity contribution in [2.75, 3.05) is 26.2 Å². The Balaban J connectivity index is 1.21. The number of nitrogens with zero attached hydrogens (tertiary/aromatic N) is 1. The number of carbonyl (C=O) groups is 3. The molecule has 8 N–H and O–H groups in total. The van der Waals surface area contributed by atoms with Crippen LogP contribution in [0.5, 0.6) is 5.75 Å². The van der Waals surface area contributed by atoms with Gasteiger partial charge in [-0.05, 0) is 55.5 Å². The maximum absolute atomic E-state index is 13.9. The zero-order chi connectivity index (χ0) is 32.7. The predicted molar refractivity (Wildman–Crippen MR) is 180 cm³/mol. The Hall–Kier alpha value is -4.35. The minimum Gasteiger partial charge on any atom is -0.508 e. The number of carbonyl (C=O) groups excluding carboxylic acids is 3.